The van der Waals surface area contributed by atoms with Gasteiger partial charge in [-0.3, -0.25) is 0 Å². The van der Waals surface area contributed by atoms with Crippen molar-refractivity contribution < 1.29 is 4.39 Å². The third-order valence-electron chi connectivity index (χ3n) is 6.61. The van der Waals surface area contributed by atoms with E-state index in [0.29, 0.717) is 11.4 Å². The van der Waals surface area contributed by atoms with Crippen molar-refractivity contribution in [3.8, 4) is 22.5 Å². The number of nitrogens with zero attached hydrogens (tertiary/aromatic N) is 2. The molecule has 0 aliphatic heterocycles. The first-order valence-corrected chi connectivity index (χ1v) is 13.4. The zero-order chi connectivity index (χ0) is 24.0. The van der Waals surface area contributed by atoms with Crippen LogP contribution in [0.15, 0.2) is 54.7 Å². The number of benzene rings is 2. The smallest absolute Gasteiger partial charge is 0.224 e. The van der Waals surface area contributed by atoms with Crippen LogP contribution in [0.2, 0.25) is 0 Å². The highest BCUT2D eigenvalue weighted by Gasteiger charge is 2.11. The molecule has 0 bridgehead atoms. The largest absolute Gasteiger partial charge is 0.236 e. The van der Waals surface area contributed by atoms with E-state index < -0.39 is 5.95 Å². The predicted molar refractivity (Wildman–Crippen MR) is 142 cm³/mol. The lowest BCUT2D eigenvalue weighted by Gasteiger charge is -2.08. The minimum absolute atomic E-state index is 0.438. The molecule has 0 aliphatic carbocycles. The van der Waals surface area contributed by atoms with E-state index in [1.54, 1.807) is 6.20 Å². The number of aromatic nitrogens is 2. The summed E-state index contributed by atoms with van der Waals surface area (Å²) >= 11 is 0. The van der Waals surface area contributed by atoms with Gasteiger partial charge in [0.25, 0.3) is 0 Å². The quantitative estimate of drug-likeness (QED) is 0.167. The molecule has 1 aromatic heterocycles. The van der Waals surface area contributed by atoms with E-state index in [9.17, 15) is 4.39 Å². The topological polar surface area (TPSA) is 25.8 Å². The minimum Gasteiger partial charge on any atom is -0.236 e. The molecule has 0 fully saturated rings. The standard InChI is InChI=1S/C31H41FN2/c1-3-5-7-8-9-10-11-13-15-26-16-20-27(21-17-26)29-24-33-31(34-30(29)32)28-22-18-25(19-23-28)14-12-6-4-2/h16-24H,3-15H2,1-2H3. The van der Waals surface area contributed by atoms with E-state index in [1.165, 1.54) is 81.8 Å². The Bertz CT molecular complexity index is 964. The van der Waals surface area contributed by atoms with Gasteiger partial charge in [0.2, 0.25) is 5.95 Å². The van der Waals surface area contributed by atoms with Gasteiger partial charge in [0.1, 0.15) is 0 Å². The molecular weight excluding hydrogens is 419 g/mol. The summed E-state index contributed by atoms with van der Waals surface area (Å²) in [7, 11) is 0. The maximum Gasteiger partial charge on any atom is 0.224 e. The lowest BCUT2D eigenvalue weighted by molar-refractivity contribution is 0.575. The second-order valence-corrected chi connectivity index (χ2v) is 9.47. The summed E-state index contributed by atoms with van der Waals surface area (Å²) in [5.41, 5.74) is 4.76. The van der Waals surface area contributed by atoms with Gasteiger partial charge in [0, 0.05) is 11.8 Å². The van der Waals surface area contributed by atoms with Crippen molar-refractivity contribution in [1.82, 2.24) is 9.97 Å². The molecule has 0 atom stereocenters. The van der Waals surface area contributed by atoms with Crippen LogP contribution in [-0.4, -0.2) is 9.97 Å². The van der Waals surface area contributed by atoms with Crippen LogP contribution in [0.1, 0.15) is 95.6 Å². The molecule has 34 heavy (non-hydrogen) atoms. The fourth-order valence-corrected chi connectivity index (χ4v) is 4.41. The highest BCUT2D eigenvalue weighted by Crippen LogP contribution is 2.25. The number of hydrogen-bond donors (Lipinski definition) is 0. The molecule has 0 radical (unpaired) electrons. The second-order valence-electron chi connectivity index (χ2n) is 9.47. The van der Waals surface area contributed by atoms with Gasteiger partial charge < -0.3 is 0 Å². The van der Waals surface area contributed by atoms with Gasteiger partial charge in [-0.05, 0) is 42.4 Å². The molecule has 182 valence electrons. The number of unbranched alkanes of at least 4 members (excludes halogenated alkanes) is 9. The van der Waals surface area contributed by atoms with Crippen molar-refractivity contribution in [3.05, 3.63) is 71.8 Å². The lowest BCUT2D eigenvalue weighted by atomic mass is 10.0. The highest BCUT2D eigenvalue weighted by molar-refractivity contribution is 5.64. The number of rotatable bonds is 15. The average Bonchev–Trinajstić information content (AvgIpc) is 2.87. The molecule has 3 rings (SSSR count). The summed E-state index contributed by atoms with van der Waals surface area (Å²) < 4.78 is 14.9. The molecule has 0 unspecified atom stereocenters. The number of hydrogen-bond acceptors (Lipinski definition) is 2. The predicted octanol–water partition coefficient (Wildman–Crippen LogP) is 9.37. The van der Waals surface area contributed by atoms with Crippen molar-refractivity contribution in [1.29, 1.82) is 0 Å². The Balaban J connectivity index is 1.51. The van der Waals surface area contributed by atoms with Gasteiger partial charge in [-0.25, -0.2) is 4.98 Å². The van der Waals surface area contributed by atoms with Crippen LogP contribution in [0.3, 0.4) is 0 Å². The molecule has 0 N–H and O–H groups in total. The van der Waals surface area contributed by atoms with E-state index in [1.807, 2.05) is 24.3 Å². The highest BCUT2D eigenvalue weighted by atomic mass is 19.1. The van der Waals surface area contributed by atoms with Crippen molar-refractivity contribution in [3.63, 3.8) is 0 Å². The maximum absolute atomic E-state index is 14.9. The first kappa shape index (κ1) is 26.1. The molecule has 1 heterocycles. The number of halogens is 1. The minimum atomic E-state index is -0.465. The lowest BCUT2D eigenvalue weighted by Crippen LogP contribution is -1.96. The number of aryl methyl sites for hydroxylation is 2. The molecule has 2 aromatic carbocycles. The summed E-state index contributed by atoms with van der Waals surface area (Å²) in [6.45, 7) is 4.47. The summed E-state index contributed by atoms with van der Waals surface area (Å²) in [5.74, 6) is -0.0273. The molecule has 0 aliphatic rings. The van der Waals surface area contributed by atoms with Gasteiger partial charge >= 0.3 is 0 Å². The normalized spacial score (nSPS) is 11.1. The third kappa shape index (κ3) is 8.34. The van der Waals surface area contributed by atoms with E-state index in [0.717, 1.165) is 24.0 Å². The monoisotopic (exact) mass is 460 g/mol. The molecular formula is C31H41FN2. The zero-order valence-corrected chi connectivity index (χ0v) is 21.2. The third-order valence-corrected chi connectivity index (χ3v) is 6.61. The van der Waals surface area contributed by atoms with Gasteiger partial charge in [-0.2, -0.15) is 9.37 Å². The van der Waals surface area contributed by atoms with Crippen LogP contribution in [0.4, 0.5) is 4.39 Å². The van der Waals surface area contributed by atoms with Crippen LogP contribution in [0.25, 0.3) is 22.5 Å². The molecule has 0 saturated carbocycles. The van der Waals surface area contributed by atoms with Crippen LogP contribution < -0.4 is 0 Å². The molecule has 0 saturated heterocycles. The van der Waals surface area contributed by atoms with E-state index >= 15 is 0 Å². The Morgan fingerprint density at radius 2 is 1.06 bits per heavy atom. The first-order valence-electron chi connectivity index (χ1n) is 13.4. The molecule has 3 aromatic rings. The van der Waals surface area contributed by atoms with Crippen molar-refractivity contribution >= 4 is 0 Å². The summed E-state index contributed by atoms with van der Waals surface area (Å²) in [5, 5.41) is 0. The Labute approximate surface area is 206 Å². The van der Waals surface area contributed by atoms with Crippen LogP contribution in [0, 0.1) is 5.95 Å². The van der Waals surface area contributed by atoms with Crippen LogP contribution >= 0.6 is 0 Å². The zero-order valence-electron chi connectivity index (χ0n) is 21.2. The van der Waals surface area contributed by atoms with Crippen molar-refractivity contribution in [2.24, 2.45) is 0 Å². The van der Waals surface area contributed by atoms with Gasteiger partial charge in [-0.1, -0.05) is 120 Å². The fourth-order valence-electron chi connectivity index (χ4n) is 4.41. The van der Waals surface area contributed by atoms with Gasteiger partial charge in [0.05, 0.1) is 5.56 Å². The summed E-state index contributed by atoms with van der Waals surface area (Å²) in [6.07, 6.45) is 18.1. The van der Waals surface area contributed by atoms with Gasteiger partial charge in [-0.15, -0.1) is 0 Å². The fraction of sp³-hybridized carbons (Fsp3) is 0.484. The Hall–Kier alpha value is -2.55. The summed E-state index contributed by atoms with van der Waals surface area (Å²) in [6, 6.07) is 16.4. The average molecular weight is 461 g/mol. The van der Waals surface area contributed by atoms with Crippen molar-refractivity contribution in [2.75, 3.05) is 0 Å². The van der Waals surface area contributed by atoms with E-state index in [-0.39, 0.29) is 0 Å². The maximum atomic E-state index is 14.9. The molecule has 0 amide bonds. The molecule has 2 nitrogen and oxygen atoms in total. The van der Waals surface area contributed by atoms with E-state index in [4.69, 9.17) is 0 Å². The first-order chi connectivity index (χ1) is 16.7. The Morgan fingerprint density at radius 1 is 0.588 bits per heavy atom. The van der Waals surface area contributed by atoms with Gasteiger partial charge in [0.15, 0.2) is 5.82 Å². The Kier molecular flexibility index (Phi) is 11.2. The van der Waals surface area contributed by atoms with E-state index in [2.05, 4.69) is 48.1 Å². The SMILES string of the molecule is CCCCCCCCCCc1ccc(-c2cnc(-c3ccc(CCCCC)cc3)nc2F)cc1. The van der Waals surface area contributed by atoms with Crippen LogP contribution in [-0.2, 0) is 12.8 Å². The molecule has 3 heteroatoms. The van der Waals surface area contributed by atoms with Crippen LogP contribution in [0.5, 0.6) is 0 Å². The Morgan fingerprint density at radius 3 is 1.62 bits per heavy atom. The molecule has 0 spiro atoms. The second kappa shape index (κ2) is 14.7. The summed E-state index contributed by atoms with van der Waals surface area (Å²) in [4.78, 5) is 8.63. The van der Waals surface area contributed by atoms with Crippen molar-refractivity contribution in [2.45, 2.75) is 97.3 Å².